The van der Waals surface area contributed by atoms with Gasteiger partial charge in [0.2, 0.25) is 5.91 Å². The zero-order chi connectivity index (χ0) is 21.9. The third-order valence-electron chi connectivity index (χ3n) is 7.49. The molecule has 0 saturated carbocycles. The van der Waals surface area contributed by atoms with Crippen LogP contribution in [0.4, 0.5) is 11.4 Å². The first kappa shape index (κ1) is 21.3. The number of fused-ring (bicyclic) bond motifs is 3. The van der Waals surface area contributed by atoms with Crippen LogP contribution in [-0.4, -0.2) is 61.6 Å². The molecule has 2 fully saturated rings. The van der Waals surface area contributed by atoms with Crippen LogP contribution in [-0.2, 0) is 4.79 Å². The maximum absolute atomic E-state index is 12.0. The van der Waals surface area contributed by atoms with Crippen molar-refractivity contribution >= 4 is 17.3 Å². The van der Waals surface area contributed by atoms with Crippen molar-refractivity contribution in [1.29, 1.82) is 0 Å². The van der Waals surface area contributed by atoms with Crippen molar-refractivity contribution in [3.63, 3.8) is 0 Å². The normalized spacial score (nSPS) is 23.2. The molecule has 2 saturated heterocycles. The van der Waals surface area contributed by atoms with E-state index in [0.717, 1.165) is 57.7 Å². The number of methoxy groups -OCH3 is 1. The van der Waals surface area contributed by atoms with Crippen molar-refractivity contribution in [1.82, 2.24) is 9.80 Å². The van der Waals surface area contributed by atoms with Crippen LogP contribution in [0.2, 0.25) is 0 Å². The molecule has 3 heterocycles. The average Bonchev–Trinajstić information content (AvgIpc) is 3.17. The fourth-order valence-corrected chi connectivity index (χ4v) is 5.85. The first-order chi connectivity index (χ1) is 15.7. The zero-order valence-electron chi connectivity index (χ0n) is 19.2. The van der Waals surface area contributed by atoms with E-state index in [1.807, 2.05) is 6.07 Å². The molecular formula is C27H35N3O2. The number of likely N-dealkylation sites (tertiary alicyclic amines) is 2. The molecule has 2 aromatic rings. The fraction of sp³-hybridized carbons (Fsp3) is 0.519. The summed E-state index contributed by atoms with van der Waals surface area (Å²) in [5.74, 6) is 1.81. The number of carbonyl (C=O) groups excluding carboxylic acids is 1. The highest BCUT2D eigenvalue weighted by Crippen LogP contribution is 2.48. The molecule has 5 nitrogen and oxygen atoms in total. The van der Waals surface area contributed by atoms with E-state index in [1.165, 1.54) is 36.2 Å². The van der Waals surface area contributed by atoms with Crippen LogP contribution in [0, 0.1) is 0 Å². The molecule has 0 aliphatic carbocycles. The Labute approximate surface area is 191 Å². The summed E-state index contributed by atoms with van der Waals surface area (Å²) in [5.41, 5.74) is 4.05. The minimum absolute atomic E-state index is 0.359. The molecule has 2 aromatic carbocycles. The maximum atomic E-state index is 12.0. The summed E-state index contributed by atoms with van der Waals surface area (Å²) in [7, 11) is 1.74. The van der Waals surface area contributed by atoms with Gasteiger partial charge in [-0.15, -0.1) is 0 Å². The number of ether oxygens (including phenoxy) is 1. The topological polar surface area (TPSA) is 36.0 Å². The smallest absolute Gasteiger partial charge is 0.222 e. The summed E-state index contributed by atoms with van der Waals surface area (Å²) in [4.78, 5) is 19.3. The molecule has 3 aliphatic heterocycles. The fourth-order valence-electron chi connectivity index (χ4n) is 5.85. The van der Waals surface area contributed by atoms with Gasteiger partial charge in [0.05, 0.1) is 7.11 Å². The minimum atomic E-state index is 0.359. The highest BCUT2D eigenvalue weighted by Gasteiger charge is 2.42. The number of rotatable bonds is 7. The predicted molar refractivity (Wildman–Crippen MR) is 129 cm³/mol. The number of hydrogen-bond acceptors (Lipinski definition) is 4. The van der Waals surface area contributed by atoms with Gasteiger partial charge in [0.15, 0.2) is 0 Å². The van der Waals surface area contributed by atoms with Gasteiger partial charge in [-0.3, -0.25) is 4.79 Å². The van der Waals surface area contributed by atoms with Crippen LogP contribution in [0.1, 0.15) is 50.0 Å². The molecule has 32 heavy (non-hydrogen) atoms. The van der Waals surface area contributed by atoms with Crippen LogP contribution >= 0.6 is 0 Å². The number of benzene rings is 2. The van der Waals surface area contributed by atoms with Crippen molar-refractivity contribution < 1.29 is 9.53 Å². The molecule has 5 heteroatoms. The van der Waals surface area contributed by atoms with Crippen molar-refractivity contribution in [3.8, 4) is 5.75 Å². The van der Waals surface area contributed by atoms with E-state index in [4.69, 9.17) is 4.74 Å². The van der Waals surface area contributed by atoms with E-state index in [0.29, 0.717) is 17.9 Å². The monoisotopic (exact) mass is 433 g/mol. The first-order valence-electron chi connectivity index (χ1n) is 12.3. The number of carbonyl (C=O) groups is 1. The van der Waals surface area contributed by atoms with Crippen LogP contribution in [0.5, 0.6) is 5.75 Å². The lowest BCUT2D eigenvalue weighted by molar-refractivity contribution is -0.133. The molecule has 1 amide bonds. The van der Waals surface area contributed by atoms with E-state index in [-0.39, 0.29) is 0 Å². The second kappa shape index (κ2) is 9.53. The second-order valence-corrected chi connectivity index (χ2v) is 9.44. The number of anilines is 2. The molecule has 0 spiro atoms. The lowest BCUT2D eigenvalue weighted by atomic mass is 9.89. The molecule has 0 unspecified atom stereocenters. The molecule has 0 radical (unpaired) electrons. The second-order valence-electron chi connectivity index (χ2n) is 9.44. The Morgan fingerprint density at radius 1 is 1.00 bits per heavy atom. The molecule has 5 rings (SSSR count). The van der Waals surface area contributed by atoms with E-state index in [1.54, 1.807) is 7.11 Å². The summed E-state index contributed by atoms with van der Waals surface area (Å²) in [6.45, 7) is 5.28. The summed E-state index contributed by atoms with van der Waals surface area (Å²) in [6.07, 6.45) is 6.44. The third kappa shape index (κ3) is 4.23. The minimum Gasteiger partial charge on any atom is -0.497 e. The quantitative estimate of drug-likeness (QED) is 0.588. The standard InChI is InChI=1S/C27H35N3O2/c1-32-22-10-8-9-21(19-22)30-25-12-3-2-11-23(25)24-20-28(18-14-26(24)30)15-6-7-17-29-16-5-4-13-27(29)31/h2-3,8-12,19,24,26H,4-7,13-18,20H2,1H3/t24-,26+/m0/s1. The van der Waals surface area contributed by atoms with Gasteiger partial charge in [-0.2, -0.15) is 0 Å². The Morgan fingerprint density at radius 3 is 2.75 bits per heavy atom. The van der Waals surface area contributed by atoms with Crippen molar-refractivity contribution in [3.05, 3.63) is 54.1 Å². The molecule has 0 bridgehead atoms. The van der Waals surface area contributed by atoms with Gasteiger partial charge in [0.1, 0.15) is 5.75 Å². The Hall–Kier alpha value is -2.53. The van der Waals surface area contributed by atoms with E-state index >= 15 is 0 Å². The van der Waals surface area contributed by atoms with Crippen molar-refractivity contribution in [2.45, 2.75) is 50.5 Å². The number of amides is 1. The van der Waals surface area contributed by atoms with Gasteiger partial charge in [-0.25, -0.2) is 0 Å². The van der Waals surface area contributed by atoms with Gasteiger partial charge in [0.25, 0.3) is 0 Å². The zero-order valence-corrected chi connectivity index (χ0v) is 19.2. The van der Waals surface area contributed by atoms with Crippen LogP contribution in [0.25, 0.3) is 0 Å². The molecule has 170 valence electrons. The van der Waals surface area contributed by atoms with Gasteiger partial charge in [-0.05, 0) is 62.4 Å². The lowest BCUT2D eigenvalue weighted by Gasteiger charge is -2.39. The van der Waals surface area contributed by atoms with Gasteiger partial charge >= 0.3 is 0 Å². The average molecular weight is 434 g/mol. The van der Waals surface area contributed by atoms with Gasteiger partial charge in [0, 0.05) is 62.0 Å². The SMILES string of the molecule is COc1cccc(N2c3ccccc3[C@@H]3CN(CCCCN4CCCCC4=O)CC[C@H]32)c1. The Bertz CT molecular complexity index is 946. The molecular weight excluding hydrogens is 398 g/mol. The number of piperidine rings is 2. The van der Waals surface area contributed by atoms with Crippen molar-refractivity contribution in [2.24, 2.45) is 0 Å². The van der Waals surface area contributed by atoms with Crippen molar-refractivity contribution in [2.75, 3.05) is 44.7 Å². The Kier molecular flexibility index (Phi) is 6.35. The summed E-state index contributed by atoms with van der Waals surface area (Å²) >= 11 is 0. The molecule has 2 atom stereocenters. The van der Waals surface area contributed by atoms with Crippen LogP contribution < -0.4 is 9.64 Å². The third-order valence-corrected chi connectivity index (χ3v) is 7.49. The summed E-state index contributed by atoms with van der Waals surface area (Å²) in [6, 6.07) is 17.9. The maximum Gasteiger partial charge on any atom is 0.222 e. The Morgan fingerprint density at radius 2 is 1.88 bits per heavy atom. The highest BCUT2D eigenvalue weighted by atomic mass is 16.5. The number of para-hydroxylation sites is 1. The number of unbranched alkanes of at least 4 members (excludes halogenated alkanes) is 1. The Balaban J connectivity index is 1.23. The molecule has 3 aliphatic rings. The van der Waals surface area contributed by atoms with E-state index in [9.17, 15) is 4.79 Å². The molecule has 0 aromatic heterocycles. The summed E-state index contributed by atoms with van der Waals surface area (Å²) < 4.78 is 5.50. The predicted octanol–water partition coefficient (Wildman–Crippen LogP) is 4.80. The lowest BCUT2D eigenvalue weighted by Crippen LogP contribution is -2.45. The highest BCUT2D eigenvalue weighted by molar-refractivity contribution is 5.76. The van der Waals surface area contributed by atoms with Gasteiger partial charge < -0.3 is 19.4 Å². The van der Waals surface area contributed by atoms with Crippen LogP contribution in [0.3, 0.4) is 0 Å². The first-order valence-corrected chi connectivity index (χ1v) is 12.3. The van der Waals surface area contributed by atoms with E-state index < -0.39 is 0 Å². The number of hydrogen-bond donors (Lipinski definition) is 0. The van der Waals surface area contributed by atoms with E-state index in [2.05, 4.69) is 57.2 Å². The van der Waals surface area contributed by atoms with Gasteiger partial charge in [-0.1, -0.05) is 24.3 Å². The van der Waals surface area contributed by atoms with Crippen LogP contribution in [0.15, 0.2) is 48.5 Å². The largest absolute Gasteiger partial charge is 0.497 e. The number of nitrogens with zero attached hydrogens (tertiary/aromatic N) is 3. The molecule has 0 N–H and O–H groups in total. The summed E-state index contributed by atoms with van der Waals surface area (Å²) in [5, 5.41) is 0.